The van der Waals surface area contributed by atoms with Gasteiger partial charge in [0.05, 0.1) is 24.6 Å². The van der Waals surface area contributed by atoms with Gasteiger partial charge >= 0.3 is 6.18 Å². The van der Waals surface area contributed by atoms with Gasteiger partial charge in [-0.25, -0.2) is 0 Å². The first kappa shape index (κ1) is 15.7. The Balaban J connectivity index is 2.10. The standard InChI is InChI=1S/C15H13F3N2O2/c1-22-14-7-10(5-6-13(14)21)9-19-20-12-4-2-3-11(8-12)15(16,17)18/h2-9,20-21H,1H3. The smallest absolute Gasteiger partial charge is 0.416 e. The lowest BCUT2D eigenvalue weighted by Gasteiger charge is -2.08. The highest BCUT2D eigenvalue weighted by Crippen LogP contribution is 2.30. The summed E-state index contributed by atoms with van der Waals surface area (Å²) in [5, 5.41) is 13.3. The minimum atomic E-state index is -4.40. The molecule has 0 spiro atoms. The molecule has 2 aromatic carbocycles. The second-order valence-electron chi connectivity index (χ2n) is 4.38. The third-order valence-electron chi connectivity index (χ3n) is 2.80. The Labute approximate surface area is 124 Å². The molecule has 0 amide bonds. The van der Waals surface area contributed by atoms with Gasteiger partial charge in [-0.2, -0.15) is 18.3 Å². The molecule has 0 bridgehead atoms. The first-order valence-corrected chi connectivity index (χ1v) is 6.23. The molecule has 0 aliphatic carbocycles. The number of phenols is 1. The normalized spacial score (nSPS) is 11.6. The van der Waals surface area contributed by atoms with Crippen LogP contribution in [0.2, 0.25) is 0 Å². The molecule has 0 aliphatic rings. The molecule has 4 nitrogen and oxygen atoms in total. The highest BCUT2D eigenvalue weighted by atomic mass is 19.4. The van der Waals surface area contributed by atoms with Crippen LogP contribution in [-0.2, 0) is 6.18 Å². The van der Waals surface area contributed by atoms with Crippen molar-refractivity contribution in [1.82, 2.24) is 0 Å². The number of hydrogen-bond acceptors (Lipinski definition) is 4. The number of alkyl halides is 3. The lowest BCUT2D eigenvalue weighted by atomic mass is 10.2. The molecule has 22 heavy (non-hydrogen) atoms. The number of hydrazone groups is 1. The van der Waals surface area contributed by atoms with Gasteiger partial charge in [0.1, 0.15) is 0 Å². The number of phenolic OH excluding ortho intramolecular Hbond substituents is 1. The van der Waals surface area contributed by atoms with E-state index in [-0.39, 0.29) is 17.2 Å². The monoisotopic (exact) mass is 310 g/mol. The maximum absolute atomic E-state index is 12.6. The zero-order valence-corrected chi connectivity index (χ0v) is 11.6. The number of anilines is 1. The number of aromatic hydroxyl groups is 1. The number of methoxy groups -OCH3 is 1. The summed E-state index contributed by atoms with van der Waals surface area (Å²) >= 11 is 0. The number of benzene rings is 2. The quantitative estimate of drug-likeness (QED) is 0.666. The van der Waals surface area contributed by atoms with E-state index in [2.05, 4.69) is 10.5 Å². The molecular weight excluding hydrogens is 297 g/mol. The predicted molar refractivity (Wildman–Crippen MR) is 77.3 cm³/mol. The van der Waals surface area contributed by atoms with Crippen molar-refractivity contribution in [2.24, 2.45) is 5.10 Å². The summed E-state index contributed by atoms with van der Waals surface area (Å²) in [7, 11) is 1.41. The molecule has 7 heteroatoms. The van der Waals surface area contributed by atoms with E-state index in [9.17, 15) is 18.3 Å². The molecule has 2 N–H and O–H groups in total. The van der Waals surface area contributed by atoms with Crippen LogP contribution in [0.5, 0.6) is 11.5 Å². The van der Waals surface area contributed by atoms with Gasteiger partial charge in [-0.1, -0.05) is 6.07 Å². The molecule has 0 saturated heterocycles. The van der Waals surface area contributed by atoms with E-state index >= 15 is 0 Å². The first-order valence-electron chi connectivity index (χ1n) is 6.23. The molecule has 116 valence electrons. The van der Waals surface area contributed by atoms with E-state index in [1.54, 1.807) is 12.1 Å². The summed E-state index contributed by atoms with van der Waals surface area (Å²) in [5.41, 5.74) is 2.61. The molecule has 0 unspecified atom stereocenters. The van der Waals surface area contributed by atoms with Crippen LogP contribution < -0.4 is 10.2 Å². The Morgan fingerprint density at radius 2 is 1.95 bits per heavy atom. The molecule has 0 fully saturated rings. The number of rotatable bonds is 4. The van der Waals surface area contributed by atoms with Crippen molar-refractivity contribution in [3.05, 3.63) is 53.6 Å². The lowest BCUT2D eigenvalue weighted by Crippen LogP contribution is -2.05. The van der Waals surface area contributed by atoms with Crippen LogP contribution in [0, 0.1) is 0 Å². The Morgan fingerprint density at radius 1 is 1.18 bits per heavy atom. The highest BCUT2D eigenvalue weighted by Gasteiger charge is 2.30. The summed E-state index contributed by atoms with van der Waals surface area (Å²) in [6.07, 6.45) is -2.99. The SMILES string of the molecule is COc1cc(C=NNc2cccc(C(F)(F)F)c2)ccc1O. The van der Waals surface area contributed by atoms with Crippen LogP contribution >= 0.6 is 0 Å². The minimum absolute atomic E-state index is 0.00881. The maximum atomic E-state index is 12.6. The molecule has 2 rings (SSSR count). The zero-order chi connectivity index (χ0) is 16.2. The average molecular weight is 310 g/mol. The Hall–Kier alpha value is -2.70. The third-order valence-corrected chi connectivity index (χ3v) is 2.80. The van der Waals surface area contributed by atoms with E-state index in [1.165, 1.54) is 31.5 Å². The minimum Gasteiger partial charge on any atom is -0.504 e. The molecule has 0 radical (unpaired) electrons. The van der Waals surface area contributed by atoms with Gasteiger partial charge in [0.25, 0.3) is 0 Å². The van der Waals surface area contributed by atoms with Gasteiger partial charge in [-0.05, 0) is 42.0 Å². The molecular formula is C15H13F3N2O2. The van der Waals surface area contributed by atoms with Gasteiger partial charge in [0.2, 0.25) is 0 Å². The molecule has 2 aromatic rings. The largest absolute Gasteiger partial charge is 0.504 e. The van der Waals surface area contributed by atoms with Crippen LogP contribution in [0.3, 0.4) is 0 Å². The van der Waals surface area contributed by atoms with E-state index in [1.807, 2.05) is 0 Å². The molecule has 0 aliphatic heterocycles. The fourth-order valence-corrected chi connectivity index (χ4v) is 1.72. The summed E-state index contributed by atoms with van der Waals surface area (Å²) < 4.78 is 42.7. The number of nitrogens with one attached hydrogen (secondary N) is 1. The van der Waals surface area contributed by atoms with Crippen molar-refractivity contribution in [2.45, 2.75) is 6.18 Å². The molecule has 0 heterocycles. The number of hydrogen-bond donors (Lipinski definition) is 2. The third kappa shape index (κ3) is 3.91. The van der Waals surface area contributed by atoms with Gasteiger partial charge in [-0.3, -0.25) is 5.43 Å². The summed E-state index contributed by atoms with van der Waals surface area (Å²) in [6.45, 7) is 0. The van der Waals surface area contributed by atoms with Gasteiger partial charge in [0, 0.05) is 0 Å². The molecule has 0 atom stereocenters. The zero-order valence-electron chi connectivity index (χ0n) is 11.6. The number of ether oxygens (including phenoxy) is 1. The fourth-order valence-electron chi connectivity index (χ4n) is 1.72. The number of nitrogens with zero attached hydrogens (tertiary/aromatic N) is 1. The van der Waals surface area contributed by atoms with E-state index in [0.717, 1.165) is 12.1 Å². The first-order chi connectivity index (χ1) is 10.4. The summed E-state index contributed by atoms with van der Waals surface area (Å²) in [6, 6.07) is 9.30. The summed E-state index contributed by atoms with van der Waals surface area (Å²) in [4.78, 5) is 0. The average Bonchev–Trinajstić information content (AvgIpc) is 2.48. The van der Waals surface area contributed by atoms with E-state index < -0.39 is 11.7 Å². The Morgan fingerprint density at radius 3 is 2.64 bits per heavy atom. The molecule has 0 aromatic heterocycles. The second-order valence-corrected chi connectivity index (χ2v) is 4.38. The van der Waals surface area contributed by atoms with Crippen molar-refractivity contribution in [3.63, 3.8) is 0 Å². The number of halogens is 3. The maximum Gasteiger partial charge on any atom is 0.416 e. The van der Waals surface area contributed by atoms with Crippen molar-refractivity contribution < 1.29 is 23.0 Å². The second kappa shape index (κ2) is 6.38. The highest BCUT2D eigenvalue weighted by molar-refractivity contribution is 5.81. The Kier molecular flexibility index (Phi) is 4.55. The Bertz CT molecular complexity index is 685. The van der Waals surface area contributed by atoms with Crippen LogP contribution in [0.15, 0.2) is 47.6 Å². The predicted octanol–water partition coefficient (Wildman–Crippen LogP) is 3.87. The fraction of sp³-hybridized carbons (Fsp3) is 0.133. The van der Waals surface area contributed by atoms with Gasteiger partial charge < -0.3 is 9.84 Å². The van der Waals surface area contributed by atoms with Gasteiger partial charge in [-0.15, -0.1) is 0 Å². The van der Waals surface area contributed by atoms with Crippen LogP contribution in [0.25, 0.3) is 0 Å². The van der Waals surface area contributed by atoms with Crippen molar-refractivity contribution in [3.8, 4) is 11.5 Å². The van der Waals surface area contributed by atoms with Crippen molar-refractivity contribution in [1.29, 1.82) is 0 Å². The van der Waals surface area contributed by atoms with Gasteiger partial charge in [0.15, 0.2) is 11.5 Å². The lowest BCUT2D eigenvalue weighted by molar-refractivity contribution is -0.137. The van der Waals surface area contributed by atoms with Crippen LogP contribution in [0.1, 0.15) is 11.1 Å². The van der Waals surface area contributed by atoms with E-state index in [4.69, 9.17) is 4.74 Å². The van der Waals surface area contributed by atoms with Crippen molar-refractivity contribution >= 4 is 11.9 Å². The van der Waals surface area contributed by atoms with Crippen LogP contribution in [0.4, 0.5) is 18.9 Å². The topological polar surface area (TPSA) is 53.8 Å². The van der Waals surface area contributed by atoms with E-state index in [0.29, 0.717) is 5.56 Å². The van der Waals surface area contributed by atoms with Crippen LogP contribution in [-0.4, -0.2) is 18.4 Å². The van der Waals surface area contributed by atoms with Crippen molar-refractivity contribution in [2.75, 3.05) is 12.5 Å². The molecule has 0 saturated carbocycles. The summed E-state index contributed by atoms with van der Waals surface area (Å²) in [5.74, 6) is 0.272.